The molecule has 2 N–H and O–H groups in total. The van der Waals surface area contributed by atoms with Crippen molar-refractivity contribution in [2.75, 3.05) is 24.5 Å². The molecule has 6 rings (SSSR count). The molecule has 0 amide bonds. The number of fused-ring (bicyclic) bond motifs is 3. The summed E-state index contributed by atoms with van der Waals surface area (Å²) in [5.74, 6) is 2.70. The number of nitrogens with one attached hydrogen (secondary N) is 2. The zero-order chi connectivity index (χ0) is 22.4. The van der Waals surface area contributed by atoms with Gasteiger partial charge in [-0.3, -0.25) is 0 Å². The topological polar surface area (TPSA) is 53.1 Å². The van der Waals surface area contributed by atoms with E-state index in [1.165, 1.54) is 73.3 Å². The van der Waals surface area contributed by atoms with Gasteiger partial charge in [-0.2, -0.15) is 0 Å². The van der Waals surface area contributed by atoms with E-state index < -0.39 is 0 Å². The summed E-state index contributed by atoms with van der Waals surface area (Å²) in [6.07, 6.45) is 12.2. The molecule has 1 saturated heterocycles. The smallest absolute Gasteiger partial charge is 0.140 e. The normalized spacial score (nSPS) is 22.1. The third kappa shape index (κ3) is 5.11. The highest BCUT2D eigenvalue weighted by Crippen LogP contribution is 2.53. The van der Waals surface area contributed by atoms with Crippen molar-refractivity contribution in [3.63, 3.8) is 0 Å². The third-order valence-corrected chi connectivity index (χ3v) is 8.90. The Morgan fingerprint density at radius 2 is 1.81 bits per heavy atom. The van der Waals surface area contributed by atoms with Crippen LogP contribution in [-0.4, -0.2) is 35.6 Å². The number of nitrogens with zero attached hydrogens (tertiary/aromatic N) is 3. The summed E-state index contributed by atoms with van der Waals surface area (Å²) < 4.78 is 0. The Labute approximate surface area is 235 Å². The third-order valence-electron chi connectivity index (χ3n) is 8.90. The van der Waals surface area contributed by atoms with Gasteiger partial charge in [0.15, 0.2) is 0 Å². The predicted molar refractivity (Wildman–Crippen MR) is 156 cm³/mol. The van der Waals surface area contributed by atoms with Crippen molar-refractivity contribution in [2.24, 2.45) is 5.92 Å². The predicted octanol–water partition coefficient (Wildman–Crippen LogP) is 6.23. The van der Waals surface area contributed by atoms with Gasteiger partial charge in [0, 0.05) is 41.5 Å². The van der Waals surface area contributed by atoms with Crippen LogP contribution in [0.1, 0.15) is 87.1 Å². The zero-order valence-corrected chi connectivity index (χ0v) is 24.0. The molecule has 200 valence electrons. The van der Waals surface area contributed by atoms with Gasteiger partial charge in [0.2, 0.25) is 0 Å². The van der Waals surface area contributed by atoms with Gasteiger partial charge >= 0.3 is 0 Å². The minimum absolute atomic E-state index is 0. The van der Waals surface area contributed by atoms with Gasteiger partial charge in [0.25, 0.3) is 0 Å². The van der Waals surface area contributed by atoms with Crippen LogP contribution in [0.5, 0.6) is 0 Å². The van der Waals surface area contributed by atoms with E-state index in [0.717, 1.165) is 38.5 Å². The molecule has 5 nitrogen and oxygen atoms in total. The summed E-state index contributed by atoms with van der Waals surface area (Å²) in [4.78, 5) is 12.4. The second-order valence-electron chi connectivity index (χ2n) is 11.2. The van der Waals surface area contributed by atoms with Crippen LogP contribution in [0.3, 0.4) is 0 Å². The van der Waals surface area contributed by atoms with Crippen molar-refractivity contribution in [3.05, 3.63) is 46.9 Å². The lowest BCUT2D eigenvalue weighted by Gasteiger charge is -2.36. The standard InChI is InChI=1S/C28H39N5.3ClH/c1-19(2)30-16-21-8-5-9-24-26(21)28(12-14-29-15-13-28)17-33(24)27-25-22(20-6-3-4-7-20)10-11-23(25)31-18-32-27;;;/h5,8-9,18-20,22,29-30H,3-4,6-7,10-17H2,1-2H3;3*1H. The van der Waals surface area contributed by atoms with Crippen LogP contribution in [-0.2, 0) is 18.4 Å². The number of hydrogen-bond acceptors (Lipinski definition) is 5. The van der Waals surface area contributed by atoms with Crippen LogP contribution in [0.15, 0.2) is 24.5 Å². The first kappa shape index (κ1) is 29.4. The first-order valence-electron chi connectivity index (χ1n) is 13.3. The highest BCUT2D eigenvalue weighted by molar-refractivity contribution is 5.86. The van der Waals surface area contributed by atoms with Crippen molar-refractivity contribution in [1.29, 1.82) is 0 Å². The first-order valence-corrected chi connectivity index (χ1v) is 13.3. The lowest BCUT2D eigenvalue weighted by atomic mass is 9.73. The molecule has 1 unspecified atom stereocenters. The van der Waals surface area contributed by atoms with Gasteiger partial charge < -0.3 is 15.5 Å². The Balaban J connectivity index is 0.00000120. The highest BCUT2D eigenvalue weighted by Gasteiger charge is 2.47. The number of halogens is 3. The molecule has 1 atom stereocenters. The Kier molecular flexibility index (Phi) is 9.95. The van der Waals surface area contributed by atoms with Gasteiger partial charge in [0.05, 0.1) is 0 Å². The fraction of sp³-hybridized carbons (Fsp3) is 0.643. The SMILES string of the molecule is CC(C)NCc1cccc2c1C1(CCNCC1)CN2c1ncnc2c1C(C1CCCC1)CC2.Cl.Cl.Cl. The number of aromatic nitrogens is 2. The molecule has 4 aliphatic rings. The number of hydrogen-bond donors (Lipinski definition) is 2. The molecule has 36 heavy (non-hydrogen) atoms. The summed E-state index contributed by atoms with van der Waals surface area (Å²) in [5, 5.41) is 7.31. The monoisotopic (exact) mass is 553 g/mol. The molecule has 1 aromatic carbocycles. The Bertz CT molecular complexity index is 1020. The van der Waals surface area contributed by atoms with E-state index in [4.69, 9.17) is 9.97 Å². The molecule has 0 radical (unpaired) electrons. The number of anilines is 2. The van der Waals surface area contributed by atoms with Gasteiger partial charge in [-0.05, 0) is 80.6 Å². The lowest BCUT2D eigenvalue weighted by Crippen LogP contribution is -2.43. The fourth-order valence-corrected chi connectivity index (χ4v) is 7.34. The van der Waals surface area contributed by atoms with E-state index in [9.17, 15) is 0 Å². The van der Waals surface area contributed by atoms with E-state index in [1.807, 2.05) is 6.33 Å². The molecule has 2 fully saturated rings. The van der Waals surface area contributed by atoms with Crippen molar-refractivity contribution in [3.8, 4) is 0 Å². The van der Waals surface area contributed by atoms with Gasteiger partial charge in [0.1, 0.15) is 12.1 Å². The van der Waals surface area contributed by atoms with Crippen LogP contribution in [0.4, 0.5) is 11.5 Å². The maximum absolute atomic E-state index is 5.02. The molecule has 2 aliphatic carbocycles. The summed E-state index contributed by atoms with van der Waals surface area (Å²) >= 11 is 0. The molecule has 1 spiro atoms. The van der Waals surface area contributed by atoms with E-state index in [-0.39, 0.29) is 42.6 Å². The van der Waals surface area contributed by atoms with Gasteiger partial charge in [-0.15, -0.1) is 37.2 Å². The molecule has 1 aromatic heterocycles. The highest BCUT2D eigenvalue weighted by atomic mass is 35.5. The van der Waals surface area contributed by atoms with Gasteiger partial charge in [-0.25, -0.2) is 9.97 Å². The van der Waals surface area contributed by atoms with Crippen LogP contribution in [0.25, 0.3) is 0 Å². The van der Waals surface area contributed by atoms with Crippen LogP contribution in [0, 0.1) is 5.92 Å². The fourth-order valence-electron chi connectivity index (χ4n) is 7.34. The summed E-state index contributed by atoms with van der Waals surface area (Å²) in [5.41, 5.74) is 7.49. The zero-order valence-electron chi connectivity index (χ0n) is 21.6. The maximum Gasteiger partial charge on any atom is 0.140 e. The summed E-state index contributed by atoms with van der Waals surface area (Å²) in [6, 6.07) is 7.46. The summed E-state index contributed by atoms with van der Waals surface area (Å²) in [7, 11) is 0. The maximum atomic E-state index is 5.02. The van der Waals surface area contributed by atoms with Crippen molar-refractivity contribution in [2.45, 2.75) is 89.1 Å². The molecule has 3 heterocycles. The molecule has 2 aliphatic heterocycles. The second kappa shape index (κ2) is 12.2. The van der Waals surface area contributed by atoms with Gasteiger partial charge in [-0.1, -0.05) is 38.8 Å². The Hall–Kier alpha value is -1.11. The average molecular weight is 555 g/mol. The molecule has 2 aromatic rings. The number of benzene rings is 1. The van der Waals surface area contributed by atoms with E-state index in [0.29, 0.717) is 12.0 Å². The average Bonchev–Trinajstić information content (AvgIpc) is 3.56. The van der Waals surface area contributed by atoms with Crippen LogP contribution in [0.2, 0.25) is 0 Å². The minimum atomic E-state index is 0. The number of piperidine rings is 1. The Morgan fingerprint density at radius 3 is 2.53 bits per heavy atom. The summed E-state index contributed by atoms with van der Waals surface area (Å²) in [6.45, 7) is 8.68. The van der Waals surface area contributed by atoms with E-state index in [2.05, 4.69) is 47.6 Å². The van der Waals surface area contributed by atoms with Crippen molar-refractivity contribution < 1.29 is 0 Å². The second-order valence-corrected chi connectivity index (χ2v) is 11.2. The molecule has 1 saturated carbocycles. The number of aryl methyl sites for hydroxylation is 1. The molecule has 8 heteroatoms. The van der Waals surface area contributed by atoms with Crippen molar-refractivity contribution in [1.82, 2.24) is 20.6 Å². The molecular formula is C28H42Cl3N5. The first-order chi connectivity index (χ1) is 16.2. The number of rotatable bonds is 5. The molecule has 0 bridgehead atoms. The Morgan fingerprint density at radius 1 is 1.06 bits per heavy atom. The van der Waals surface area contributed by atoms with E-state index in [1.54, 1.807) is 5.56 Å². The quantitative estimate of drug-likeness (QED) is 0.459. The largest absolute Gasteiger partial charge is 0.325 e. The van der Waals surface area contributed by atoms with Crippen molar-refractivity contribution >= 4 is 48.7 Å². The van der Waals surface area contributed by atoms with Crippen LogP contribution >= 0.6 is 37.2 Å². The van der Waals surface area contributed by atoms with E-state index >= 15 is 0 Å². The lowest BCUT2D eigenvalue weighted by molar-refractivity contribution is 0.326. The van der Waals surface area contributed by atoms with Crippen LogP contribution < -0.4 is 15.5 Å². The molecular weight excluding hydrogens is 513 g/mol. The minimum Gasteiger partial charge on any atom is -0.325 e.